The van der Waals surface area contributed by atoms with Gasteiger partial charge in [-0.2, -0.15) is 0 Å². The molecule has 4 rings (SSSR count). The smallest absolute Gasteiger partial charge is 0.0464 e. The quantitative estimate of drug-likeness (QED) is 0.489. The SMILES string of the molecule is CC[C@H]1CC2C3CCC(C(C)CCOC)C3(C)CC[C@@H]2C2(C)CCCCC12. The van der Waals surface area contributed by atoms with Gasteiger partial charge in [0.15, 0.2) is 0 Å². The minimum atomic E-state index is 0.616. The summed E-state index contributed by atoms with van der Waals surface area (Å²) < 4.78 is 5.43. The van der Waals surface area contributed by atoms with Crippen LogP contribution in [0.4, 0.5) is 0 Å². The van der Waals surface area contributed by atoms with E-state index in [0.717, 1.165) is 48.0 Å². The van der Waals surface area contributed by atoms with Crippen molar-refractivity contribution in [1.82, 2.24) is 0 Å². The number of ether oxygens (including phenoxy) is 1. The molecule has 1 nitrogen and oxygen atoms in total. The molecule has 4 aliphatic rings. The Bertz CT molecular complexity index is 514. The lowest BCUT2D eigenvalue weighted by molar-refractivity contribution is -0.138. The van der Waals surface area contributed by atoms with Crippen molar-refractivity contribution in [2.45, 2.75) is 98.3 Å². The Kier molecular flexibility index (Phi) is 5.74. The van der Waals surface area contributed by atoms with Gasteiger partial charge in [-0.1, -0.05) is 47.0 Å². The molecule has 0 aromatic heterocycles. The summed E-state index contributed by atoms with van der Waals surface area (Å²) in [4.78, 5) is 0. The third-order valence-electron chi connectivity index (χ3n) is 10.8. The van der Waals surface area contributed by atoms with Gasteiger partial charge in [0.05, 0.1) is 0 Å². The van der Waals surface area contributed by atoms with Crippen molar-refractivity contribution in [3.63, 3.8) is 0 Å². The Morgan fingerprint density at radius 3 is 2.44 bits per heavy atom. The van der Waals surface area contributed by atoms with Gasteiger partial charge in [-0.25, -0.2) is 0 Å². The van der Waals surface area contributed by atoms with Crippen molar-refractivity contribution in [2.24, 2.45) is 52.3 Å². The molecule has 0 aliphatic heterocycles. The molecule has 0 heterocycles. The van der Waals surface area contributed by atoms with E-state index in [0.29, 0.717) is 10.8 Å². The lowest BCUT2D eigenvalue weighted by atomic mass is 9.42. The molecular weight excluding hydrogens is 328 g/mol. The topological polar surface area (TPSA) is 9.23 Å². The van der Waals surface area contributed by atoms with Gasteiger partial charge in [0, 0.05) is 13.7 Å². The molecule has 156 valence electrons. The Hall–Kier alpha value is -0.0400. The fourth-order valence-electron chi connectivity index (χ4n) is 9.50. The van der Waals surface area contributed by atoms with Crippen molar-refractivity contribution in [3.8, 4) is 0 Å². The average Bonchev–Trinajstić information content (AvgIpc) is 3.02. The summed E-state index contributed by atoms with van der Waals surface area (Å²) in [5.74, 6) is 6.92. The van der Waals surface area contributed by atoms with E-state index in [4.69, 9.17) is 4.74 Å². The monoisotopic (exact) mass is 374 g/mol. The van der Waals surface area contributed by atoms with Gasteiger partial charge < -0.3 is 4.74 Å². The normalized spacial score (nSPS) is 50.6. The van der Waals surface area contributed by atoms with E-state index >= 15 is 0 Å². The van der Waals surface area contributed by atoms with Gasteiger partial charge in [-0.15, -0.1) is 0 Å². The Morgan fingerprint density at radius 2 is 1.70 bits per heavy atom. The maximum Gasteiger partial charge on any atom is 0.0464 e. The molecule has 0 spiro atoms. The second-order valence-corrected chi connectivity index (χ2v) is 11.6. The second kappa shape index (κ2) is 7.66. The van der Waals surface area contributed by atoms with Crippen LogP contribution in [0, 0.1) is 52.3 Å². The van der Waals surface area contributed by atoms with Crippen LogP contribution < -0.4 is 0 Å². The zero-order chi connectivity index (χ0) is 19.2. The number of hydrogen-bond donors (Lipinski definition) is 0. The molecular formula is C26H46O. The Labute approximate surface area is 169 Å². The number of hydrogen-bond acceptors (Lipinski definition) is 1. The van der Waals surface area contributed by atoms with Gasteiger partial charge in [-0.3, -0.25) is 0 Å². The molecule has 0 saturated heterocycles. The summed E-state index contributed by atoms with van der Waals surface area (Å²) in [6, 6.07) is 0. The first-order chi connectivity index (χ1) is 13.0. The Morgan fingerprint density at radius 1 is 0.926 bits per heavy atom. The van der Waals surface area contributed by atoms with E-state index in [-0.39, 0.29) is 0 Å². The van der Waals surface area contributed by atoms with Gasteiger partial charge >= 0.3 is 0 Å². The first-order valence-corrected chi connectivity index (χ1v) is 12.4. The van der Waals surface area contributed by atoms with E-state index in [1.807, 2.05) is 7.11 Å². The van der Waals surface area contributed by atoms with Crippen LogP contribution in [0.1, 0.15) is 98.3 Å². The molecule has 0 N–H and O–H groups in total. The predicted octanol–water partition coefficient (Wildman–Crippen LogP) is 7.34. The van der Waals surface area contributed by atoms with E-state index in [1.54, 1.807) is 6.42 Å². The van der Waals surface area contributed by atoms with Crippen LogP contribution in [0.5, 0.6) is 0 Å². The highest BCUT2D eigenvalue weighted by Gasteiger charge is 2.61. The summed E-state index contributed by atoms with van der Waals surface area (Å²) in [5.41, 5.74) is 1.29. The summed E-state index contributed by atoms with van der Waals surface area (Å²) >= 11 is 0. The highest BCUT2D eigenvalue weighted by molar-refractivity contribution is 5.10. The standard InChI is InChI=1S/C26H46O/c1-6-19-17-20-23-11-10-21(18(2)13-16-27-5)26(23,4)15-12-24(20)25(3)14-8-7-9-22(19)25/h18-24H,6-17H2,1-5H3/t18?,19-,20?,21?,22?,23?,24-,25?,26?/m0/s1. The first-order valence-electron chi connectivity index (χ1n) is 12.4. The summed E-state index contributed by atoms with van der Waals surface area (Å²) in [6.07, 6.45) is 16.4. The molecule has 4 saturated carbocycles. The molecule has 0 amide bonds. The van der Waals surface area contributed by atoms with Crippen LogP contribution in [-0.4, -0.2) is 13.7 Å². The van der Waals surface area contributed by atoms with Gasteiger partial charge in [0.25, 0.3) is 0 Å². The fraction of sp³-hybridized carbons (Fsp3) is 1.00. The summed E-state index contributed by atoms with van der Waals surface area (Å²) in [5, 5.41) is 0. The van der Waals surface area contributed by atoms with Crippen molar-refractivity contribution >= 4 is 0 Å². The molecule has 0 aromatic rings. The number of rotatable bonds is 5. The highest BCUT2D eigenvalue weighted by atomic mass is 16.5. The molecule has 27 heavy (non-hydrogen) atoms. The third-order valence-corrected chi connectivity index (χ3v) is 10.8. The van der Waals surface area contributed by atoms with Crippen molar-refractivity contribution in [1.29, 1.82) is 0 Å². The molecule has 7 unspecified atom stereocenters. The van der Waals surface area contributed by atoms with E-state index < -0.39 is 0 Å². The van der Waals surface area contributed by atoms with Crippen LogP contribution in [0.3, 0.4) is 0 Å². The number of fused-ring (bicyclic) bond motifs is 5. The third kappa shape index (κ3) is 3.13. The maximum atomic E-state index is 5.43. The summed E-state index contributed by atoms with van der Waals surface area (Å²) in [7, 11) is 1.87. The van der Waals surface area contributed by atoms with E-state index in [1.165, 1.54) is 64.2 Å². The first kappa shape index (κ1) is 20.2. The summed E-state index contributed by atoms with van der Waals surface area (Å²) in [6.45, 7) is 11.4. The van der Waals surface area contributed by atoms with Gasteiger partial charge in [0.2, 0.25) is 0 Å². The maximum absolute atomic E-state index is 5.43. The minimum Gasteiger partial charge on any atom is -0.385 e. The van der Waals surface area contributed by atoms with Crippen molar-refractivity contribution in [3.05, 3.63) is 0 Å². The lowest BCUT2D eigenvalue weighted by Crippen LogP contribution is -2.55. The van der Waals surface area contributed by atoms with Crippen LogP contribution in [0.25, 0.3) is 0 Å². The zero-order valence-corrected chi connectivity index (χ0v) is 18.9. The van der Waals surface area contributed by atoms with E-state index in [9.17, 15) is 0 Å². The predicted molar refractivity (Wildman–Crippen MR) is 115 cm³/mol. The van der Waals surface area contributed by atoms with Crippen LogP contribution >= 0.6 is 0 Å². The molecule has 4 fully saturated rings. The molecule has 9 atom stereocenters. The van der Waals surface area contributed by atoms with E-state index in [2.05, 4.69) is 27.7 Å². The Balaban J connectivity index is 1.58. The zero-order valence-electron chi connectivity index (χ0n) is 18.9. The lowest BCUT2D eigenvalue weighted by Gasteiger charge is -2.63. The molecule has 0 radical (unpaired) electrons. The van der Waals surface area contributed by atoms with Crippen LogP contribution in [0.2, 0.25) is 0 Å². The molecule has 4 aliphatic carbocycles. The van der Waals surface area contributed by atoms with Crippen LogP contribution in [-0.2, 0) is 4.74 Å². The van der Waals surface area contributed by atoms with Gasteiger partial charge in [-0.05, 0) is 104 Å². The fourth-order valence-corrected chi connectivity index (χ4v) is 9.50. The second-order valence-electron chi connectivity index (χ2n) is 11.6. The highest BCUT2D eigenvalue weighted by Crippen LogP contribution is 2.69. The van der Waals surface area contributed by atoms with Crippen molar-refractivity contribution < 1.29 is 4.74 Å². The van der Waals surface area contributed by atoms with Crippen molar-refractivity contribution in [2.75, 3.05) is 13.7 Å². The molecule has 0 aromatic carbocycles. The van der Waals surface area contributed by atoms with Crippen LogP contribution in [0.15, 0.2) is 0 Å². The molecule has 1 heteroatoms. The molecule has 0 bridgehead atoms. The largest absolute Gasteiger partial charge is 0.385 e. The van der Waals surface area contributed by atoms with Gasteiger partial charge in [0.1, 0.15) is 0 Å². The number of methoxy groups -OCH3 is 1. The average molecular weight is 375 g/mol. The minimum absolute atomic E-state index is 0.616.